The molecule has 0 bridgehead atoms. The van der Waals surface area contributed by atoms with Crippen molar-refractivity contribution in [1.82, 2.24) is 4.90 Å². The van der Waals surface area contributed by atoms with Crippen LogP contribution < -0.4 is 10.6 Å². The first-order chi connectivity index (χ1) is 10.1. The molecule has 0 spiro atoms. The van der Waals surface area contributed by atoms with E-state index in [9.17, 15) is 4.39 Å². The summed E-state index contributed by atoms with van der Waals surface area (Å²) in [5.74, 6) is -0.366. The van der Waals surface area contributed by atoms with Crippen molar-refractivity contribution in [2.24, 2.45) is 5.73 Å². The third kappa shape index (κ3) is 3.02. The highest BCUT2D eigenvalue weighted by molar-refractivity contribution is 5.95. The maximum Gasteiger partial charge on any atom is 0.147 e. The van der Waals surface area contributed by atoms with E-state index in [1.807, 2.05) is 0 Å². The molecule has 0 amide bonds. The van der Waals surface area contributed by atoms with Crippen molar-refractivity contribution in [2.45, 2.75) is 31.7 Å². The summed E-state index contributed by atoms with van der Waals surface area (Å²) in [6.45, 7) is 4.17. The number of rotatable bonds is 3. The van der Waals surface area contributed by atoms with Gasteiger partial charge in [0.15, 0.2) is 0 Å². The lowest BCUT2D eigenvalue weighted by atomic mass is 10.1. The standard InChI is InChI=1S/C16H23FN4/c17-14-10-12(16(18)19)4-5-15(14)21-9-6-13(11-21)20-7-2-1-3-8-20/h4-5,10,13H,1-3,6-9,11H2,(H3,18,19). The quantitative estimate of drug-likeness (QED) is 0.662. The predicted octanol–water partition coefficient (Wildman–Crippen LogP) is 2.17. The smallest absolute Gasteiger partial charge is 0.147 e. The first kappa shape index (κ1) is 14.3. The van der Waals surface area contributed by atoms with Crippen molar-refractivity contribution in [1.29, 1.82) is 5.41 Å². The molecule has 2 fully saturated rings. The van der Waals surface area contributed by atoms with Gasteiger partial charge in [0.25, 0.3) is 0 Å². The lowest BCUT2D eigenvalue weighted by Crippen LogP contribution is -2.40. The second-order valence-electron chi connectivity index (χ2n) is 6.07. The average Bonchev–Trinajstić information content (AvgIpc) is 2.97. The molecule has 1 aromatic rings. The normalized spacial score (nSPS) is 23.5. The van der Waals surface area contributed by atoms with E-state index < -0.39 is 0 Å². The Morgan fingerprint density at radius 2 is 1.95 bits per heavy atom. The highest BCUT2D eigenvalue weighted by Gasteiger charge is 2.29. The summed E-state index contributed by atoms with van der Waals surface area (Å²) in [6.07, 6.45) is 5.03. The molecule has 21 heavy (non-hydrogen) atoms. The SMILES string of the molecule is N=C(N)c1ccc(N2CCC(N3CCCCC3)C2)c(F)c1. The number of amidine groups is 1. The predicted molar refractivity (Wildman–Crippen MR) is 83.5 cm³/mol. The number of nitrogens with one attached hydrogen (secondary N) is 1. The minimum atomic E-state index is -0.276. The topological polar surface area (TPSA) is 56.4 Å². The number of halogens is 1. The van der Waals surface area contributed by atoms with E-state index >= 15 is 0 Å². The molecule has 0 aliphatic carbocycles. The molecule has 0 saturated carbocycles. The number of anilines is 1. The van der Waals surface area contributed by atoms with Gasteiger partial charge in [-0.05, 0) is 50.6 Å². The lowest BCUT2D eigenvalue weighted by molar-refractivity contribution is 0.175. The molecule has 114 valence electrons. The molecule has 1 atom stereocenters. The van der Waals surface area contributed by atoms with Crippen LogP contribution >= 0.6 is 0 Å². The summed E-state index contributed by atoms with van der Waals surface area (Å²) in [6, 6.07) is 5.41. The molecule has 2 heterocycles. The molecular weight excluding hydrogens is 267 g/mol. The zero-order valence-corrected chi connectivity index (χ0v) is 12.3. The fraction of sp³-hybridized carbons (Fsp3) is 0.562. The fourth-order valence-electron chi connectivity index (χ4n) is 3.47. The molecular formula is C16H23FN4. The van der Waals surface area contributed by atoms with E-state index in [1.165, 1.54) is 38.4 Å². The maximum atomic E-state index is 14.2. The number of hydrogen-bond donors (Lipinski definition) is 2. The number of nitrogen functional groups attached to an aromatic ring is 1. The van der Waals surface area contributed by atoms with E-state index in [0.29, 0.717) is 17.3 Å². The van der Waals surface area contributed by atoms with Gasteiger partial charge in [-0.15, -0.1) is 0 Å². The highest BCUT2D eigenvalue weighted by Crippen LogP contribution is 2.27. The van der Waals surface area contributed by atoms with Gasteiger partial charge >= 0.3 is 0 Å². The van der Waals surface area contributed by atoms with Crippen LogP contribution in [0.5, 0.6) is 0 Å². The minimum absolute atomic E-state index is 0.0898. The van der Waals surface area contributed by atoms with Gasteiger partial charge < -0.3 is 10.6 Å². The minimum Gasteiger partial charge on any atom is -0.384 e. The zero-order chi connectivity index (χ0) is 14.8. The molecule has 4 nitrogen and oxygen atoms in total. The maximum absolute atomic E-state index is 14.2. The Morgan fingerprint density at radius 1 is 1.19 bits per heavy atom. The number of nitrogens with zero attached hydrogens (tertiary/aromatic N) is 2. The Bertz CT molecular complexity index is 525. The zero-order valence-electron chi connectivity index (χ0n) is 12.3. The van der Waals surface area contributed by atoms with Crippen LogP contribution in [-0.4, -0.2) is 43.0 Å². The third-order valence-corrected chi connectivity index (χ3v) is 4.67. The van der Waals surface area contributed by atoms with E-state index in [4.69, 9.17) is 11.1 Å². The number of benzene rings is 1. The molecule has 0 radical (unpaired) electrons. The van der Waals surface area contributed by atoms with E-state index in [-0.39, 0.29) is 11.7 Å². The Hall–Kier alpha value is -1.62. The van der Waals surface area contributed by atoms with Gasteiger partial charge in [-0.2, -0.15) is 0 Å². The summed E-state index contributed by atoms with van der Waals surface area (Å²) in [5, 5.41) is 7.37. The van der Waals surface area contributed by atoms with Crippen molar-refractivity contribution < 1.29 is 4.39 Å². The van der Waals surface area contributed by atoms with Gasteiger partial charge in [0.05, 0.1) is 5.69 Å². The number of nitrogens with two attached hydrogens (primary N) is 1. The number of piperidine rings is 1. The molecule has 2 aliphatic heterocycles. The Balaban J connectivity index is 1.69. The average molecular weight is 290 g/mol. The van der Waals surface area contributed by atoms with E-state index in [2.05, 4.69) is 9.80 Å². The molecule has 1 unspecified atom stereocenters. The van der Waals surface area contributed by atoms with Crippen LogP contribution in [0.2, 0.25) is 0 Å². The molecule has 5 heteroatoms. The van der Waals surface area contributed by atoms with E-state index in [0.717, 1.165) is 19.5 Å². The lowest BCUT2D eigenvalue weighted by Gasteiger charge is -2.32. The van der Waals surface area contributed by atoms with Gasteiger partial charge in [-0.25, -0.2) is 4.39 Å². The van der Waals surface area contributed by atoms with Crippen molar-refractivity contribution >= 4 is 11.5 Å². The van der Waals surface area contributed by atoms with Gasteiger partial charge in [-0.1, -0.05) is 6.42 Å². The van der Waals surface area contributed by atoms with Gasteiger partial charge in [0, 0.05) is 24.7 Å². The van der Waals surface area contributed by atoms with Crippen LogP contribution in [0.15, 0.2) is 18.2 Å². The summed E-state index contributed by atoms with van der Waals surface area (Å²) < 4.78 is 14.2. The van der Waals surface area contributed by atoms with Crippen LogP contribution in [-0.2, 0) is 0 Å². The van der Waals surface area contributed by atoms with Crippen molar-refractivity contribution in [3.63, 3.8) is 0 Å². The largest absolute Gasteiger partial charge is 0.384 e. The van der Waals surface area contributed by atoms with Crippen LogP contribution in [0.3, 0.4) is 0 Å². The van der Waals surface area contributed by atoms with Crippen molar-refractivity contribution in [2.75, 3.05) is 31.1 Å². The monoisotopic (exact) mass is 290 g/mol. The summed E-state index contributed by atoms with van der Waals surface area (Å²) >= 11 is 0. The van der Waals surface area contributed by atoms with Crippen LogP contribution in [0.1, 0.15) is 31.2 Å². The summed E-state index contributed by atoms with van der Waals surface area (Å²) in [5.41, 5.74) is 6.49. The van der Waals surface area contributed by atoms with Crippen LogP contribution in [0, 0.1) is 11.2 Å². The second kappa shape index (κ2) is 6.02. The van der Waals surface area contributed by atoms with Crippen LogP contribution in [0.25, 0.3) is 0 Å². The number of likely N-dealkylation sites (tertiary alicyclic amines) is 1. The summed E-state index contributed by atoms with van der Waals surface area (Å²) in [7, 11) is 0. The molecule has 2 aliphatic rings. The van der Waals surface area contributed by atoms with Gasteiger partial charge in [0.1, 0.15) is 11.7 Å². The van der Waals surface area contributed by atoms with Crippen molar-refractivity contribution in [3.8, 4) is 0 Å². The molecule has 3 rings (SSSR count). The summed E-state index contributed by atoms with van der Waals surface area (Å²) in [4.78, 5) is 4.68. The second-order valence-corrected chi connectivity index (χ2v) is 6.07. The molecule has 2 saturated heterocycles. The molecule has 0 aromatic heterocycles. The van der Waals surface area contributed by atoms with Crippen LogP contribution in [0.4, 0.5) is 10.1 Å². The van der Waals surface area contributed by atoms with Gasteiger partial charge in [-0.3, -0.25) is 10.3 Å². The van der Waals surface area contributed by atoms with E-state index in [1.54, 1.807) is 12.1 Å². The highest BCUT2D eigenvalue weighted by atomic mass is 19.1. The number of hydrogen-bond acceptors (Lipinski definition) is 3. The Morgan fingerprint density at radius 3 is 2.62 bits per heavy atom. The Kier molecular flexibility index (Phi) is 4.10. The Labute approximate surface area is 125 Å². The fourth-order valence-corrected chi connectivity index (χ4v) is 3.47. The molecule has 1 aromatic carbocycles. The van der Waals surface area contributed by atoms with Crippen molar-refractivity contribution in [3.05, 3.63) is 29.6 Å². The molecule has 3 N–H and O–H groups in total. The first-order valence-corrected chi connectivity index (χ1v) is 7.78. The first-order valence-electron chi connectivity index (χ1n) is 7.78. The van der Waals surface area contributed by atoms with Gasteiger partial charge in [0.2, 0.25) is 0 Å². The third-order valence-electron chi connectivity index (χ3n) is 4.67.